The number of aromatic nitrogens is 2. The molecule has 0 saturated heterocycles. The molecule has 31 heavy (non-hydrogen) atoms. The number of imidazole rings is 1. The highest BCUT2D eigenvalue weighted by Gasteiger charge is 2.20. The maximum Gasteiger partial charge on any atom is 0.269 e. The van der Waals surface area contributed by atoms with Gasteiger partial charge in [-0.3, -0.25) is 14.9 Å². The van der Waals surface area contributed by atoms with Crippen molar-refractivity contribution in [2.45, 2.75) is 19.5 Å². The highest BCUT2D eigenvalue weighted by atomic mass is 19.1. The van der Waals surface area contributed by atoms with Crippen LogP contribution in [0.3, 0.4) is 0 Å². The number of rotatable bonds is 6. The van der Waals surface area contributed by atoms with E-state index in [9.17, 15) is 19.3 Å². The number of carbonyl (C=O) groups excluding carboxylic acids is 1. The topological polar surface area (TPSA) is 90.1 Å². The van der Waals surface area contributed by atoms with E-state index < -0.39 is 22.7 Å². The molecule has 0 aliphatic carbocycles. The van der Waals surface area contributed by atoms with Gasteiger partial charge in [0.25, 0.3) is 11.6 Å². The molecule has 1 atom stereocenters. The molecule has 0 bridgehead atoms. The van der Waals surface area contributed by atoms with Gasteiger partial charge in [-0.15, -0.1) is 0 Å². The van der Waals surface area contributed by atoms with Gasteiger partial charge in [0, 0.05) is 18.7 Å². The number of hydrogen-bond donors (Lipinski definition) is 1. The molecule has 1 heterocycles. The number of amides is 1. The van der Waals surface area contributed by atoms with Crippen LogP contribution in [0.2, 0.25) is 0 Å². The van der Waals surface area contributed by atoms with E-state index in [-0.39, 0.29) is 11.3 Å². The molecule has 3 aromatic carbocycles. The van der Waals surface area contributed by atoms with Crippen molar-refractivity contribution in [1.29, 1.82) is 0 Å². The summed E-state index contributed by atoms with van der Waals surface area (Å²) < 4.78 is 15.9. The largest absolute Gasteiger partial charge is 0.342 e. The first-order valence-electron chi connectivity index (χ1n) is 9.68. The Labute approximate surface area is 177 Å². The highest BCUT2D eigenvalue weighted by molar-refractivity contribution is 5.94. The van der Waals surface area contributed by atoms with Gasteiger partial charge in [0.1, 0.15) is 11.6 Å². The molecular weight excluding hydrogens is 399 g/mol. The zero-order chi connectivity index (χ0) is 22.0. The number of para-hydroxylation sites is 2. The van der Waals surface area contributed by atoms with E-state index in [1.807, 2.05) is 28.8 Å². The lowest BCUT2D eigenvalue weighted by Gasteiger charge is -2.17. The zero-order valence-electron chi connectivity index (χ0n) is 16.7. The van der Waals surface area contributed by atoms with Crippen LogP contribution in [0.1, 0.15) is 34.7 Å². The Hall–Kier alpha value is -4.07. The Kier molecular flexibility index (Phi) is 5.44. The molecule has 0 aliphatic rings. The third-order valence-corrected chi connectivity index (χ3v) is 5.03. The molecule has 4 rings (SSSR count). The van der Waals surface area contributed by atoms with E-state index in [1.54, 1.807) is 25.1 Å². The van der Waals surface area contributed by atoms with Crippen LogP contribution in [0.4, 0.5) is 10.1 Å². The Morgan fingerprint density at radius 1 is 1.10 bits per heavy atom. The first-order chi connectivity index (χ1) is 14.9. The third kappa shape index (κ3) is 4.13. The number of carbonyl (C=O) groups is 1. The predicted octanol–water partition coefficient (Wildman–Crippen LogP) is 4.62. The van der Waals surface area contributed by atoms with Gasteiger partial charge in [0.2, 0.25) is 0 Å². The normalized spacial score (nSPS) is 11.9. The maximum absolute atomic E-state index is 14.0. The monoisotopic (exact) mass is 418 g/mol. The maximum atomic E-state index is 14.0. The summed E-state index contributed by atoms with van der Waals surface area (Å²) in [4.78, 5) is 27.7. The molecule has 1 aromatic heterocycles. The van der Waals surface area contributed by atoms with Gasteiger partial charge in [0.15, 0.2) is 0 Å². The fraction of sp³-hybridized carbons (Fsp3) is 0.130. The second kappa shape index (κ2) is 8.35. The van der Waals surface area contributed by atoms with Crippen LogP contribution in [0.5, 0.6) is 0 Å². The molecule has 0 fully saturated rings. The van der Waals surface area contributed by atoms with Crippen LogP contribution in [0.25, 0.3) is 11.0 Å². The summed E-state index contributed by atoms with van der Waals surface area (Å²) in [6.45, 7) is 2.19. The van der Waals surface area contributed by atoms with E-state index in [4.69, 9.17) is 0 Å². The third-order valence-electron chi connectivity index (χ3n) is 5.03. The Balaban J connectivity index is 1.66. The number of benzene rings is 3. The Morgan fingerprint density at radius 3 is 2.48 bits per heavy atom. The van der Waals surface area contributed by atoms with Crippen molar-refractivity contribution < 1.29 is 14.1 Å². The minimum absolute atomic E-state index is 0.0185. The summed E-state index contributed by atoms with van der Waals surface area (Å²) in [5.41, 5.74) is 2.45. The number of non-ortho nitro benzene ring substituents is 1. The fourth-order valence-electron chi connectivity index (χ4n) is 3.48. The molecule has 1 amide bonds. The Bertz CT molecular complexity index is 1270. The van der Waals surface area contributed by atoms with E-state index in [0.29, 0.717) is 12.4 Å². The average molecular weight is 418 g/mol. The molecule has 1 N–H and O–H groups in total. The van der Waals surface area contributed by atoms with Gasteiger partial charge in [-0.25, -0.2) is 9.37 Å². The first-order valence-corrected chi connectivity index (χ1v) is 9.68. The fourth-order valence-corrected chi connectivity index (χ4v) is 3.48. The lowest BCUT2D eigenvalue weighted by atomic mass is 10.1. The predicted molar refractivity (Wildman–Crippen MR) is 114 cm³/mol. The molecule has 0 saturated carbocycles. The molecule has 8 heteroatoms. The zero-order valence-corrected chi connectivity index (χ0v) is 16.7. The number of nitro benzene ring substituents is 1. The average Bonchev–Trinajstić information content (AvgIpc) is 3.13. The van der Waals surface area contributed by atoms with Crippen molar-refractivity contribution >= 4 is 22.6 Å². The summed E-state index contributed by atoms with van der Waals surface area (Å²) in [6.07, 6.45) is 0. The highest BCUT2D eigenvalue weighted by Crippen LogP contribution is 2.23. The van der Waals surface area contributed by atoms with Crippen LogP contribution >= 0.6 is 0 Å². The Morgan fingerprint density at radius 2 is 1.77 bits per heavy atom. The van der Waals surface area contributed by atoms with Crippen molar-refractivity contribution in [2.24, 2.45) is 0 Å². The molecule has 156 valence electrons. The van der Waals surface area contributed by atoms with E-state index in [0.717, 1.165) is 16.6 Å². The van der Waals surface area contributed by atoms with Gasteiger partial charge in [-0.05, 0) is 36.8 Å². The smallest absolute Gasteiger partial charge is 0.269 e. The molecule has 7 nitrogen and oxygen atoms in total. The number of halogens is 1. The van der Waals surface area contributed by atoms with Crippen LogP contribution < -0.4 is 5.32 Å². The number of nitro groups is 1. The minimum Gasteiger partial charge on any atom is -0.342 e. The second-order valence-corrected chi connectivity index (χ2v) is 7.14. The lowest BCUT2D eigenvalue weighted by molar-refractivity contribution is -0.384. The van der Waals surface area contributed by atoms with E-state index >= 15 is 0 Å². The minimum atomic E-state index is -0.591. The van der Waals surface area contributed by atoms with Crippen molar-refractivity contribution in [3.8, 4) is 0 Å². The van der Waals surface area contributed by atoms with Gasteiger partial charge in [-0.1, -0.05) is 36.4 Å². The molecular formula is C23H19FN4O3. The SMILES string of the molecule is C[C@H](NC(=O)c1ccccc1F)c1nc2ccccc2n1Cc1ccc([N+](=O)[O-])cc1. The van der Waals surface area contributed by atoms with Crippen molar-refractivity contribution in [2.75, 3.05) is 0 Å². The molecule has 0 aliphatic heterocycles. The summed E-state index contributed by atoms with van der Waals surface area (Å²) in [7, 11) is 0. The second-order valence-electron chi connectivity index (χ2n) is 7.14. The van der Waals surface area contributed by atoms with Crippen LogP contribution in [-0.2, 0) is 6.54 Å². The number of nitrogens with zero attached hydrogens (tertiary/aromatic N) is 3. The molecule has 0 spiro atoms. The summed E-state index contributed by atoms with van der Waals surface area (Å²) >= 11 is 0. The van der Waals surface area contributed by atoms with Gasteiger partial charge in [-0.2, -0.15) is 0 Å². The van der Waals surface area contributed by atoms with Gasteiger partial charge >= 0.3 is 0 Å². The summed E-state index contributed by atoms with van der Waals surface area (Å²) in [5, 5.41) is 13.7. The van der Waals surface area contributed by atoms with Crippen LogP contribution in [-0.4, -0.2) is 20.4 Å². The number of nitrogens with one attached hydrogen (secondary N) is 1. The number of fused-ring (bicyclic) bond motifs is 1. The van der Waals surface area contributed by atoms with Crippen molar-refractivity contribution in [3.05, 3.63) is 106 Å². The summed E-state index contributed by atoms with van der Waals surface area (Å²) in [5.74, 6) is -0.518. The number of hydrogen-bond acceptors (Lipinski definition) is 4. The lowest BCUT2D eigenvalue weighted by Crippen LogP contribution is -2.29. The molecule has 0 radical (unpaired) electrons. The standard InChI is InChI=1S/C23H19FN4O3/c1-15(25-23(29)18-6-2-3-7-19(18)24)22-26-20-8-4-5-9-21(20)27(22)14-16-10-12-17(13-11-16)28(30)31/h2-13,15H,14H2,1H3,(H,25,29)/t15-/m0/s1. The van der Waals surface area contributed by atoms with Crippen molar-refractivity contribution in [1.82, 2.24) is 14.9 Å². The summed E-state index contributed by atoms with van der Waals surface area (Å²) in [6, 6.07) is 19.2. The first kappa shape index (κ1) is 20.2. The molecule has 4 aromatic rings. The molecule has 0 unspecified atom stereocenters. The van der Waals surface area contributed by atoms with Gasteiger partial charge < -0.3 is 9.88 Å². The van der Waals surface area contributed by atoms with Crippen molar-refractivity contribution in [3.63, 3.8) is 0 Å². The van der Waals surface area contributed by atoms with E-state index in [2.05, 4.69) is 10.3 Å². The van der Waals surface area contributed by atoms with Gasteiger partial charge in [0.05, 0.1) is 27.6 Å². The quantitative estimate of drug-likeness (QED) is 0.365. The van der Waals surface area contributed by atoms with Crippen LogP contribution in [0.15, 0.2) is 72.8 Å². The van der Waals surface area contributed by atoms with E-state index in [1.165, 1.54) is 30.3 Å². The van der Waals surface area contributed by atoms with Crippen LogP contribution in [0, 0.1) is 15.9 Å².